The molecular weight excluding hydrogens is 463 g/mol. The van der Waals surface area contributed by atoms with Crippen LogP contribution in [0.4, 0.5) is 9.18 Å². The molecule has 1 atom stereocenters. The minimum atomic E-state index is -3.56. The Kier molecular flexibility index (Phi) is 7.70. The summed E-state index contributed by atoms with van der Waals surface area (Å²) in [5, 5.41) is 21.3. The number of halogens is 1. The number of aromatic nitrogens is 2. The van der Waals surface area contributed by atoms with Crippen molar-refractivity contribution in [1.82, 2.24) is 19.2 Å². The molecule has 3 rings (SSSR count). The maximum atomic E-state index is 14.6. The Morgan fingerprint density at radius 2 is 1.94 bits per heavy atom. The van der Waals surface area contributed by atoms with Gasteiger partial charge in [0.2, 0.25) is 10.0 Å². The third-order valence-corrected chi connectivity index (χ3v) is 7.16. The topological polar surface area (TPSA) is 125 Å². The number of carbonyl (C=O) groups is 1. The van der Waals surface area contributed by atoms with E-state index in [0.29, 0.717) is 28.7 Å². The lowest BCUT2D eigenvalue weighted by atomic mass is 10.0. The average molecular weight is 491 g/mol. The van der Waals surface area contributed by atoms with E-state index >= 15 is 0 Å². The quantitative estimate of drug-likeness (QED) is 0.423. The van der Waals surface area contributed by atoms with Crippen molar-refractivity contribution < 1.29 is 27.8 Å². The maximum Gasteiger partial charge on any atom is 0.404 e. The van der Waals surface area contributed by atoms with Crippen molar-refractivity contribution in [2.75, 3.05) is 20.6 Å². The number of pyridine rings is 1. The molecule has 1 unspecified atom stereocenters. The van der Waals surface area contributed by atoms with Crippen LogP contribution < -0.4 is 5.32 Å². The standard InChI is InChI=1S/C23H27FN4O5S/c1-15(29)22-19(13-16-6-8-18(9-7-16)34(32,33)27(2)3)21-20(5-4-11-25-21)28(22)14-17(24)10-12-26-23(30)31/h4-11,15,26,29H,12-14H2,1-3H3,(H,30,31). The number of allylic oxidation sites excluding steroid dienone is 1. The lowest BCUT2D eigenvalue weighted by molar-refractivity contribution is 0.188. The first-order valence-corrected chi connectivity index (χ1v) is 11.9. The molecule has 34 heavy (non-hydrogen) atoms. The zero-order valence-electron chi connectivity index (χ0n) is 19.1. The normalized spacial score (nSPS) is 13.4. The van der Waals surface area contributed by atoms with Gasteiger partial charge in [-0.05, 0) is 42.8 Å². The highest BCUT2D eigenvalue weighted by molar-refractivity contribution is 7.89. The number of nitrogens with one attached hydrogen (secondary N) is 1. The summed E-state index contributed by atoms with van der Waals surface area (Å²) in [7, 11) is -0.634. The number of carboxylic acid groups (broad SMARTS) is 1. The van der Waals surface area contributed by atoms with Crippen molar-refractivity contribution in [3.05, 3.63) is 71.3 Å². The molecule has 9 nitrogen and oxygen atoms in total. The minimum Gasteiger partial charge on any atom is -0.465 e. The predicted molar refractivity (Wildman–Crippen MR) is 126 cm³/mol. The molecule has 0 aliphatic rings. The van der Waals surface area contributed by atoms with Crippen molar-refractivity contribution in [2.24, 2.45) is 0 Å². The molecule has 0 saturated carbocycles. The molecule has 0 radical (unpaired) electrons. The van der Waals surface area contributed by atoms with Gasteiger partial charge in [-0.25, -0.2) is 21.9 Å². The average Bonchev–Trinajstić information content (AvgIpc) is 3.07. The van der Waals surface area contributed by atoms with Gasteiger partial charge in [-0.1, -0.05) is 12.1 Å². The van der Waals surface area contributed by atoms with Crippen LogP contribution in [0.5, 0.6) is 0 Å². The van der Waals surface area contributed by atoms with Gasteiger partial charge in [0.25, 0.3) is 0 Å². The van der Waals surface area contributed by atoms with Crippen LogP contribution in [0.15, 0.2) is 59.4 Å². The van der Waals surface area contributed by atoms with Crippen LogP contribution in [0, 0.1) is 0 Å². The molecule has 0 fully saturated rings. The van der Waals surface area contributed by atoms with Crippen molar-refractivity contribution in [1.29, 1.82) is 0 Å². The van der Waals surface area contributed by atoms with Crippen molar-refractivity contribution in [2.45, 2.75) is 30.9 Å². The Morgan fingerprint density at radius 1 is 1.26 bits per heavy atom. The van der Waals surface area contributed by atoms with Gasteiger partial charge < -0.3 is 20.1 Å². The van der Waals surface area contributed by atoms with E-state index in [-0.39, 0.29) is 18.0 Å². The molecule has 0 saturated heterocycles. The van der Waals surface area contributed by atoms with Gasteiger partial charge in [0.05, 0.1) is 34.3 Å². The number of amides is 1. The Morgan fingerprint density at radius 3 is 2.53 bits per heavy atom. The second-order valence-electron chi connectivity index (χ2n) is 7.94. The fourth-order valence-corrected chi connectivity index (χ4v) is 4.64. The number of rotatable bonds is 9. The summed E-state index contributed by atoms with van der Waals surface area (Å²) in [5.74, 6) is -0.568. The summed E-state index contributed by atoms with van der Waals surface area (Å²) in [5.41, 5.74) is 3.19. The lowest BCUT2D eigenvalue weighted by Crippen LogP contribution is -2.22. The van der Waals surface area contributed by atoms with Crippen LogP contribution in [0.1, 0.15) is 29.8 Å². The Hall–Kier alpha value is -3.28. The summed E-state index contributed by atoms with van der Waals surface area (Å²) in [6.45, 7) is 1.19. The van der Waals surface area contributed by atoms with Crippen molar-refractivity contribution in [3.63, 3.8) is 0 Å². The molecule has 0 spiro atoms. The molecule has 1 aromatic carbocycles. The van der Waals surface area contributed by atoms with E-state index in [0.717, 1.165) is 15.9 Å². The molecule has 0 bridgehead atoms. The first kappa shape index (κ1) is 25.3. The summed E-state index contributed by atoms with van der Waals surface area (Å²) in [4.78, 5) is 15.2. The van der Waals surface area contributed by atoms with Gasteiger partial charge in [-0.3, -0.25) is 4.98 Å². The van der Waals surface area contributed by atoms with Crippen LogP contribution in [0.25, 0.3) is 11.0 Å². The number of aliphatic hydroxyl groups excluding tert-OH is 1. The predicted octanol–water partition coefficient (Wildman–Crippen LogP) is 3.05. The van der Waals surface area contributed by atoms with Crippen LogP contribution in [-0.2, 0) is 23.0 Å². The minimum absolute atomic E-state index is 0.166. The molecule has 0 aliphatic heterocycles. The second-order valence-corrected chi connectivity index (χ2v) is 10.1. The number of fused-ring (bicyclic) bond motifs is 1. The van der Waals surface area contributed by atoms with Crippen molar-refractivity contribution in [3.8, 4) is 0 Å². The smallest absolute Gasteiger partial charge is 0.404 e. The third-order valence-electron chi connectivity index (χ3n) is 5.33. The van der Waals surface area contributed by atoms with E-state index in [2.05, 4.69) is 10.3 Å². The number of sulfonamides is 1. The SMILES string of the molecule is CC(O)c1c(Cc2ccc(S(=O)(=O)N(C)C)cc2)c2ncccc2n1CC(F)=CCNC(=O)O. The number of aliphatic hydroxyl groups is 1. The first-order valence-electron chi connectivity index (χ1n) is 10.5. The van der Waals surface area contributed by atoms with E-state index < -0.39 is 28.0 Å². The van der Waals surface area contributed by atoms with Gasteiger partial charge >= 0.3 is 6.09 Å². The number of hydrogen-bond acceptors (Lipinski definition) is 5. The van der Waals surface area contributed by atoms with Gasteiger partial charge in [-0.2, -0.15) is 0 Å². The fraction of sp³-hybridized carbons (Fsp3) is 0.304. The highest BCUT2D eigenvalue weighted by atomic mass is 32.2. The largest absolute Gasteiger partial charge is 0.465 e. The van der Waals surface area contributed by atoms with Gasteiger partial charge in [0.1, 0.15) is 5.83 Å². The Balaban J connectivity index is 2.01. The lowest BCUT2D eigenvalue weighted by Gasteiger charge is -2.14. The van der Waals surface area contributed by atoms with Crippen LogP contribution in [0.3, 0.4) is 0 Å². The Labute approximate surface area is 197 Å². The van der Waals surface area contributed by atoms with Crippen LogP contribution in [0.2, 0.25) is 0 Å². The highest BCUT2D eigenvalue weighted by Crippen LogP contribution is 2.32. The number of hydrogen-bond donors (Lipinski definition) is 3. The Bertz CT molecular complexity index is 1320. The summed E-state index contributed by atoms with van der Waals surface area (Å²) < 4.78 is 42.1. The molecule has 0 aliphatic carbocycles. The maximum absolute atomic E-state index is 14.6. The number of nitrogens with zero attached hydrogens (tertiary/aromatic N) is 3. The molecule has 3 N–H and O–H groups in total. The van der Waals surface area contributed by atoms with E-state index in [1.165, 1.54) is 26.2 Å². The monoisotopic (exact) mass is 490 g/mol. The molecule has 1 amide bonds. The van der Waals surface area contributed by atoms with E-state index in [1.54, 1.807) is 42.0 Å². The zero-order chi connectivity index (χ0) is 25.0. The molecular formula is C23H27FN4O5S. The molecule has 2 aromatic heterocycles. The van der Waals surface area contributed by atoms with Crippen LogP contribution in [-0.4, -0.2) is 59.2 Å². The van der Waals surface area contributed by atoms with Gasteiger partial charge in [0.15, 0.2) is 0 Å². The fourth-order valence-electron chi connectivity index (χ4n) is 3.74. The van der Waals surface area contributed by atoms with E-state index in [9.17, 15) is 22.7 Å². The number of benzene rings is 1. The van der Waals surface area contributed by atoms with E-state index in [1.807, 2.05) is 0 Å². The zero-order valence-corrected chi connectivity index (χ0v) is 19.9. The summed E-state index contributed by atoms with van der Waals surface area (Å²) in [6.07, 6.45) is 0.886. The van der Waals surface area contributed by atoms with Crippen LogP contribution >= 0.6 is 0 Å². The summed E-state index contributed by atoms with van der Waals surface area (Å²) in [6, 6.07) is 9.93. The second kappa shape index (κ2) is 10.3. The van der Waals surface area contributed by atoms with Crippen molar-refractivity contribution >= 4 is 27.1 Å². The molecule has 11 heteroatoms. The van der Waals surface area contributed by atoms with Gasteiger partial charge in [0, 0.05) is 38.8 Å². The molecule has 2 heterocycles. The summed E-state index contributed by atoms with van der Waals surface area (Å²) >= 11 is 0. The first-order chi connectivity index (χ1) is 16.0. The molecule has 3 aromatic rings. The van der Waals surface area contributed by atoms with Gasteiger partial charge in [-0.15, -0.1) is 0 Å². The van der Waals surface area contributed by atoms with E-state index in [4.69, 9.17) is 5.11 Å². The third kappa shape index (κ3) is 5.44. The highest BCUT2D eigenvalue weighted by Gasteiger charge is 2.23. The molecule has 182 valence electrons.